The lowest BCUT2D eigenvalue weighted by atomic mass is 10.1. The molecule has 0 amide bonds. The molecule has 6 heteroatoms. The van der Waals surface area contributed by atoms with Crippen LogP contribution in [0.15, 0.2) is 36.4 Å². The molecule has 4 N–H and O–H groups in total. The van der Waals surface area contributed by atoms with Crippen LogP contribution in [0.1, 0.15) is 15.9 Å². The smallest absolute Gasteiger partial charge is 0.337 e. The van der Waals surface area contributed by atoms with Gasteiger partial charge in [-0.1, -0.05) is 6.07 Å². The van der Waals surface area contributed by atoms with E-state index in [4.69, 9.17) is 10.8 Å². The molecule has 4 nitrogen and oxygen atoms in total. The van der Waals surface area contributed by atoms with Crippen LogP contribution in [0.25, 0.3) is 0 Å². The van der Waals surface area contributed by atoms with Gasteiger partial charge in [0.05, 0.1) is 16.9 Å². The van der Waals surface area contributed by atoms with Crippen molar-refractivity contribution in [1.29, 1.82) is 0 Å². The lowest BCUT2D eigenvalue weighted by molar-refractivity contribution is 0.0698. The highest BCUT2D eigenvalue weighted by Crippen LogP contribution is 2.23. The highest BCUT2D eigenvalue weighted by atomic mass is 19.1. The zero-order valence-corrected chi connectivity index (χ0v) is 11.1. The second-order valence-corrected chi connectivity index (χ2v) is 4.53. The zero-order valence-electron chi connectivity index (χ0n) is 11.1. The monoisotopic (exact) mass is 292 g/mol. The van der Waals surface area contributed by atoms with Crippen molar-refractivity contribution in [3.63, 3.8) is 0 Å². The number of carbonyl (C=O) groups is 1. The summed E-state index contributed by atoms with van der Waals surface area (Å²) in [5.74, 6) is -2.38. The first-order valence-corrected chi connectivity index (χ1v) is 6.28. The Labute approximate surface area is 120 Å². The summed E-state index contributed by atoms with van der Waals surface area (Å²) >= 11 is 0. The Kier molecular flexibility index (Phi) is 4.37. The van der Waals surface area contributed by atoms with E-state index in [1.807, 2.05) is 0 Å². The molecule has 21 heavy (non-hydrogen) atoms. The second kappa shape index (κ2) is 6.21. The summed E-state index contributed by atoms with van der Waals surface area (Å²) in [6.45, 7) is 0.303. The summed E-state index contributed by atoms with van der Waals surface area (Å²) in [7, 11) is 0. The molecule has 0 radical (unpaired) electrons. The quantitative estimate of drug-likeness (QED) is 0.741. The van der Waals surface area contributed by atoms with Crippen molar-refractivity contribution >= 4 is 17.3 Å². The van der Waals surface area contributed by atoms with E-state index < -0.39 is 17.6 Å². The molecule has 0 aliphatic rings. The highest BCUT2D eigenvalue weighted by molar-refractivity contribution is 5.97. The summed E-state index contributed by atoms with van der Waals surface area (Å²) in [6.07, 6.45) is 0.335. The summed E-state index contributed by atoms with van der Waals surface area (Å²) in [5, 5.41) is 12.0. The van der Waals surface area contributed by atoms with E-state index in [1.165, 1.54) is 18.2 Å². The molecule has 0 fully saturated rings. The largest absolute Gasteiger partial charge is 0.478 e. The van der Waals surface area contributed by atoms with Gasteiger partial charge in [-0.15, -0.1) is 0 Å². The molecule has 110 valence electrons. The van der Waals surface area contributed by atoms with Gasteiger partial charge < -0.3 is 16.2 Å². The summed E-state index contributed by atoms with van der Waals surface area (Å²) in [4.78, 5) is 11.1. The van der Waals surface area contributed by atoms with E-state index in [0.29, 0.717) is 29.9 Å². The van der Waals surface area contributed by atoms with Gasteiger partial charge in [-0.25, -0.2) is 13.6 Å². The number of hydrogen-bond donors (Lipinski definition) is 3. The van der Waals surface area contributed by atoms with Crippen molar-refractivity contribution in [2.24, 2.45) is 0 Å². The normalized spacial score (nSPS) is 10.4. The molecule has 0 unspecified atom stereocenters. The van der Waals surface area contributed by atoms with Gasteiger partial charge in [0.2, 0.25) is 0 Å². The second-order valence-electron chi connectivity index (χ2n) is 4.53. The summed E-state index contributed by atoms with van der Waals surface area (Å²) in [5.41, 5.74) is 6.89. The number of halogens is 2. The van der Waals surface area contributed by atoms with Crippen LogP contribution in [0.5, 0.6) is 0 Å². The summed E-state index contributed by atoms with van der Waals surface area (Å²) < 4.78 is 26.1. The molecule has 2 aromatic carbocycles. The van der Waals surface area contributed by atoms with Gasteiger partial charge in [0.15, 0.2) is 0 Å². The molecule has 0 spiro atoms. The van der Waals surface area contributed by atoms with Crippen molar-refractivity contribution in [3.8, 4) is 0 Å². The molecular formula is C15H14F2N2O2. The lowest BCUT2D eigenvalue weighted by Crippen LogP contribution is -2.11. The Balaban J connectivity index is 2.08. The average molecular weight is 292 g/mol. The SMILES string of the molecule is Nc1cccc(C(=O)O)c1NCCc1cc(F)cc(F)c1. The topological polar surface area (TPSA) is 75.4 Å². The van der Waals surface area contributed by atoms with Crippen LogP contribution >= 0.6 is 0 Å². The molecule has 2 rings (SSSR count). The standard InChI is InChI=1S/C15H14F2N2O2/c16-10-6-9(7-11(17)8-10)4-5-19-14-12(15(20)21)2-1-3-13(14)18/h1-3,6-8,19H,4-5,18H2,(H,20,21). The minimum absolute atomic E-state index is 0.0559. The third kappa shape index (κ3) is 3.68. The Morgan fingerprint density at radius 2 is 1.86 bits per heavy atom. The number of benzene rings is 2. The number of carboxylic acid groups (broad SMARTS) is 1. The van der Waals surface area contributed by atoms with Crippen LogP contribution in [0.2, 0.25) is 0 Å². The maximum atomic E-state index is 13.1. The van der Waals surface area contributed by atoms with E-state index in [-0.39, 0.29) is 5.56 Å². The van der Waals surface area contributed by atoms with Gasteiger partial charge in [0.25, 0.3) is 0 Å². The van der Waals surface area contributed by atoms with Crippen molar-refractivity contribution < 1.29 is 18.7 Å². The first-order valence-electron chi connectivity index (χ1n) is 6.28. The number of nitrogens with two attached hydrogens (primary N) is 1. The fourth-order valence-corrected chi connectivity index (χ4v) is 2.03. The van der Waals surface area contributed by atoms with E-state index >= 15 is 0 Å². The minimum atomic E-state index is -1.10. The van der Waals surface area contributed by atoms with E-state index in [9.17, 15) is 13.6 Å². The Morgan fingerprint density at radius 3 is 2.48 bits per heavy atom. The van der Waals surface area contributed by atoms with Crippen LogP contribution < -0.4 is 11.1 Å². The molecule has 0 aromatic heterocycles. The van der Waals surface area contributed by atoms with Gasteiger partial charge in [0, 0.05) is 12.6 Å². The number of hydrogen-bond acceptors (Lipinski definition) is 3. The summed E-state index contributed by atoms with van der Waals surface area (Å²) in [6, 6.07) is 7.83. The maximum Gasteiger partial charge on any atom is 0.337 e. The lowest BCUT2D eigenvalue weighted by Gasteiger charge is -2.12. The maximum absolute atomic E-state index is 13.1. The minimum Gasteiger partial charge on any atom is -0.478 e. The number of carboxylic acids is 1. The Bertz CT molecular complexity index is 654. The molecule has 0 heterocycles. The molecule has 2 aromatic rings. The predicted molar refractivity (Wildman–Crippen MR) is 76.4 cm³/mol. The van der Waals surface area contributed by atoms with Crippen molar-refractivity contribution in [2.75, 3.05) is 17.6 Å². The Morgan fingerprint density at radius 1 is 1.19 bits per heavy atom. The van der Waals surface area contributed by atoms with E-state index in [2.05, 4.69) is 5.32 Å². The van der Waals surface area contributed by atoms with Crippen LogP contribution in [0.4, 0.5) is 20.2 Å². The van der Waals surface area contributed by atoms with Crippen LogP contribution in [-0.4, -0.2) is 17.6 Å². The van der Waals surface area contributed by atoms with Gasteiger partial charge in [0.1, 0.15) is 11.6 Å². The average Bonchev–Trinajstić information content (AvgIpc) is 2.39. The van der Waals surface area contributed by atoms with E-state index in [0.717, 1.165) is 6.07 Å². The van der Waals surface area contributed by atoms with Crippen LogP contribution in [-0.2, 0) is 6.42 Å². The van der Waals surface area contributed by atoms with Crippen LogP contribution in [0.3, 0.4) is 0 Å². The van der Waals surface area contributed by atoms with Crippen molar-refractivity contribution in [2.45, 2.75) is 6.42 Å². The third-order valence-electron chi connectivity index (χ3n) is 2.96. The number of para-hydroxylation sites is 1. The fraction of sp³-hybridized carbons (Fsp3) is 0.133. The zero-order chi connectivity index (χ0) is 15.4. The van der Waals surface area contributed by atoms with E-state index in [1.54, 1.807) is 12.1 Å². The van der Waals surface area contributed by atoms with Crippen LogP contribution in [0, 0.1) is 11.6 Å². The first kappa shape index (κ1) is 14.8. The molecular weight excluding hydrogens is 278 g/mol. The van der Waals surface area contributed by atoms with Crippen molar-refractivity contribution in [1.82, 2.24) is 0 Å². The van der Waals surface area contributed by atoms with Crippen molar-refractivity contribution in [3.05, 3.63) is 59.2 Å². The molecule has 0 aliphatic carbocycles. The van der Waals surface area contributed by atoms with Gasteiger partial charge in [-0.3, -0.25) is 0 Å². The number of nitrogen functional groups attached to an aromatic ring is 1. The molecule has 0 saturated carbocycles. The molecule has 0 bridgehead atoms. The first-order chi connectivity index (χ1) is 9.97. The molecule has 0 atom stereocenters. The van der Waals surface area contributed by atoms with Gasteiger partial charge in [-0.2, -0.15) is 0 Å². The highest BCUT2D eigenvalue weighted by Gasteiger charge is 2.12. The number of anilines is 2. The number of aromatic carboxylic acids is 1. The fourth-order valence-electron chi connectivity index (χ4n) is 2.03. The Hall–Kier alpha value is -2.63. The molecule has 0 aliphatic heterocycles. The van der Waals surface area contributed by atoms with Gasteiger partial charge >= 0.3 is 5.97 Å². The molecule has 0 saturated heterocycles. The van der Waals surface area contributed by atoms with Gasteiger partial charge in [-0.05, 0) is 36.2 Å². The number of rotatable bonds is 5. The third-order valence-corrected chi connectivity index (χ3v) is 2.96. The predicted octanol–water partition coefficient (Wildman–Crippen LogP) is 2.90. The number of nitrogens with one attached hydrogen (secondary N) is 1.